The van der Waals surface area contributed by atoms with Crippen LogP contribution >= 0.6 is 24.8 Å². The van der Waals surface area contributed by atoms with Crippen LogP contribution in [0, 0.1) is 5.92 Å². The number of hydrazine groups is 1. The smallest absolute Gasteiger partial charge is 0.145 e. The summed E-state index contributed by atoms with van der Waals surface area (Å²) in [7, 11) is 0. The van der Waals surface area contributed by atoms with Gasteiger partial charge in [-0.15, -0.1) is 12.6 Å². The molecule has 0 bridgehead atoms. The third-order valence-corrected chi connectivity index (χ3v) is 2.80. The minimum atomic E-state index is 0.559. The van der Waals surface area contributed by atoms with Crippen molar-refractivity contribution in [2.45, 2.75) is 32.7 Å². The molecule has 0 aromatic heterocycles. The van der Waals surface area contributed by atoms with E-state index in [0.717, 1.165) is 12.5 Å². The van der Waals surface area contributed by atoms with Crippen molar-refractivity contribution in [1.82, 2.24) is 10.4 Å². The summed E-state index contributed by atoms with van der Waals surface area (Å²) >= 11 is 8.94. The molecule has 12 heavy (non-hydrogen) atoms. The van der Waals surface area contributed by atoms with Crippen molar-refractivity contribution in [3.05, 3.63) is 0 Å². The Balaban J connectivity index is 2.46. The lowest BCUT2D eigenvalue weighted by Crippen LogP contribution is -2.51. The summed E-state index contributed by atoms with van der Waals surface area (Å²) in [5.41, 5.74) is 3.09. The summed E-state index contributed by atoms with van der Waals surface area (Å²) in [6.07, 6.45) is 2.56. The molecule has 0 aliphatic carbocycles. The Labute approximate surface area is 85.1 Å². The van der Waals surface area contributed by atoms with Crippen LogP contribution in [-0.2, 0) is 0 Å². The molecule has 2 nitrogen and oxygen atoms in total. The number of hydrogen-bond acceptors (Lipinski definition) is 2. The van der Waals surface area contributed by atoms with E-state index in [4.69, 9.17) is 12.2 Å². The van der Waals surface area contributed by atoms with Gasteiger partial charge in [0.05, 0.1) is 0 Å². The number of thiol groups is 1. The van der Waals surface area contributed by atoms with Gasteiger partial charge in [0.15, 0.2) is 0 Å². The fourth-order valence-electron chi connectivity index (χ4n) is 1.62. The van der Waals surface area contributed by atoms with Crippen LogP contribution in [0.4, 0.5) is 0 Å². The SMILES string of the molecule is CC1CCCN(NC(=S)S)C1C. The van der Waals surface area contributed by atoms with E-state index in [9.17, 15) is 0 Å². The molecule has 1 N–H and O–H groups in total. The maximum Gasteiger partial charge on any atom is 0.145 e. The topological polar surface area (TPSA) is 15.3 Å². The quantitative estimate of drug-likeness (QED) is 0.501. The fourth-order valence-corrected chi connectivity index (χ4v) is 1.86. The highest BCUT2D eigenvalue weighted by Gasteiger charge is 2.24. The third-order valence-electron chi connectivity index (χ3n) is 2.61. The van der Waals surface area contributed by atoms with Crippen molar-refractivity contribution in [1.29, 1.82) is 0 Å². The molecule has 70 valence electrons. The Hall–Kier alpha value is 0.200. The van der Waals surface area contributed by atoms with Crippen molar-refractivity contribution in [3.8, 4) is 0 Å². The molecule has 1 aliphatic rings. The predicted molar refractivity (Wildman–Crippen MR) is 59.3 cm³/mol. The number of hydrogen-bond donors (Lipinski definition) is 2. The number of piperidine rings is 1. The Morgan fingerprint density at radius 1 is 1.58 bits per heavy atom. The van der Waals surface area contributed by atoms with Gasteiger partial charge in [0.25, 0.3) is 0 Å². The first-order valence-electron chi connectivity index (χ1n) is 4.37. The highest BCUT2D eigenvalue weighted by atomic mass is 32.1. The van der Waals surface area contributed by atoms with E-state index in [0.29, 0.717) is 10.4 Å². The van der Waals surface area contributed by atoms with Crippen LogP contribution in [0.2, 0.25) is 0 Å². The number of rotatable bonds is 1. The molecular weight excluding hydrogens is 188 g/mol. The van der Waals surface area contributed by atoms with Crippen LogP contribution in [0.25, 0.3) is 0 Å². The van der Waals surface area contributed by atoms with E-state index < -0.39 is 0 Å². The summed E-state index contributed by atoms with van der Waals surface area (Å²) in [4.78, 5) is 0. The molecule has 0 aromatic rings. The minimum Gasteiger partial charge on any atom is -0.304 e. The van der Waals surface area contributed by atoms with Crippen LogP contribution < -0.4 is 5.43 Å². The summed E-state index contributed by atoms with van der Waals surface area (Å²) in [5, 5.41) is 2.18. The highest BCUT2D eigenvalue weighted by Crippen LogP contribution is 2.20. The van der Waals surface area contributed by atoms with E-state index in [1.54, 1.807) is 0 Å². The minimum absolute atomic E-state index is 0.559. The summed E-state index contributed by atoms with van der Waals surface area (Å²) in [6.45, 7) is 5.58. The highest BCUT2D eigenvalue weighted by molar-refractivity contribution is 8.11. The molecule has 1 aliphatic heterocycles. The van der Waals surface area contributed by atoms with Crippen LogP contribution in [-0.4, -0.2) is 21.9 Å². The lowest BCUT2D eigenvalue weighted by atomic mass is 9.93. The lowest BCUT2D eigenvalue weighted by molar-refractivity contribution is 0.0889. The molecule has 4 heteroatoms. The van der Waals surface area contributed by atoms with E-state index in [1.807, 2.05) is 0 Å². The summed E-state index contributed by atoms with van der Waals surface area (Å²) < 4.78 is 0.566. The van der Waals surface area contributed by atoms with Gasteiger partial charge in [-0.1, -0.05) is 19.1 Å². The van der Waals surface area contributed by atoms with Crippen molar-refractivity contribution in [2.24, 2.45) is 5.92 Å². The van der Waals surface area contributed by atoms with Crippen LogP contribution in [0.3, 0.4) is 0 Å². The van der Waals surface area contributed by atoms with Gasteiger partial charge in [-0.3, -0.25) is 0 Å². The molecular formula is C8H16N2S2. The van der Waals surface area contributed by atoms with Crippen LogP contribution in [0.1, 0.15) is 26.7 Å². The van der Waals surface area contributed by atoms with E-state index in [-0.39, 0.29) is 0 Å². The lowest BCUT2D eigenvalue weighted by Gasteiger charge is -2.37. The van der Waals surface area contributed by atoms with Gasteiger partial charge in [0.1, 0.15) is 4.32 Å². The summed E-state index contributed by atoms with van der Waals surface area (Å²) in [6, 6.07) is 0.559. The van der Waals surface area contributed by atoms with Crippen molar-refractivity contribution < 1.29 is 0 Å². The van der Waals surface area contributed by atoms with Gasteiger partial charge in [0.2, 0.25) is 0 Å². The number of nitrogens with one attached hydrogen (secondary N) is 1. The van der Waals surface area contributed by atoms with Crippen molar-refractivity contribution in [2.75, 3.05) is 6.54 Å². The van der Waals surface area contributed by atoms with Gasteiger partial charge in [-0.05, 0) is 25.7 Å². The first-order valence-corrected chi connectivity index (χ1v) is 5.23. The van der Waals surface area contributed by atoms with Crippen LogP contribution in [0.15, 0.2) is 0 Å². The van der Waals surface area contributed by atoms with Gasteiger partial charge in [0, 0.05) is 12.6 Å². The first kappa shape index (κ1) is 10.3. The van der Waals surface area contributed by atoms with Crippen LogP contribution in [0.5, 0.6) is 0 Å². The second-order valence-electron chi connectivity index (χ2n) is 3.47. The van der Waals surface area contributed by atoms with E-state index in [1.165, 1.54) is 12.8 Å². The second-order valence-corrected chi connectivity index (χ2v) is 4.63. The van der Waals surface area contributed by atoms with Crippen molar-refractivity contribution in [3.63, 3.8) is 0 Å². The standard InChI is InChI=1S/C8H16N2S2/c1-6-4-3-5-10(7(6)2)9-8(11)12/h6-7H,3-5H2,1-2H3,(H2,9,11,12). The molecule has 2 unspecified atom stereocenters. The molecule has 0 radical (unpaired) electrons. The molecule has 1 heterocycles. The summed E-state index contributed by atoms with van der Waals surface area (Å²) in [5.74, 6) is 0.744. The van der Waals surface area contributed by atoms with Crippen molar-refractivity contribution >= 4 is 29.2 Å². The molecule has 1 rings (SSSR count). The van der Waals surface area contributed by atoms with Gasteiger partial charge >= 0.3 is 0 Å². The maximum absolute atomic E-state index is 4.88. The van der Waals surface area contributed by atoms with Gasteiger partial charge in [-0.2, -0.15) is 0 Å². The predicted octanol–water partition coefficient (Wildman–Crippen LogP) is 1.83. The molecule has 2 atom stereocenters. The maximum atomic E-state index is 4.88. The van der Waals surface area contributed by atoms with Gasteiger partial charge in [-0.25, -0.2) is 5.01 Å². The average molecular weight is 204 g/mol. The van der Waals surface area contributed by atoms with E-state index in [2.05, 4.69) is 36.9 Å². The monoisotopic (exact) mass is 204 g/mol. The Morgan fingerprint density at radius 2 is 2.25 bits per heavy atom. The number of nitrogens with zero attached hydrogens (tertiary/aromatic N) is 1. The molecule has 1 fully saturated rings. The molecule has 0 saturated carbocycles. The zero-order valence-corrected chi connectivity index (χ0v) is 9.29. The largest absolute Gasteiger partial charge is 0.304 e. The Bertz CT molecular complexity index is 172. The zero-order chi connectivity index (χ0) is 9.14. The first-order chi connectivity index (χ1) is 5.61. The Morgan fingerprint density at radius 3 is 2.83 bits per heavy atom. The average Bonchev–Trinajstić information content (AvgIpc) is 1.98. The molecule has 0 spiro atoms. The normalized spacial score (nSPS) is 31.6. The van der Waals surface area contributed by atoms with Gasteiger partial charge < -0.3 is 5.43 Å². The second kappa shape index (κ2) is 4.44. The zero-order valence-electron chi connectivity index (χ0n) is 7.58. The third kappa shape index (κ3) is 2.61. The number of thiocarbonyl (C=S) groups is 1. The Kier molecular flexibility index (Phi) is 3.80. The van der Waals surface area contributed by atoms with E-state index >= 15 is 0 Å². The molecule has 0 aromatic carbocycles. The molecule has 1 saturated heterocycles. The molecule has 0 amide bonds. The fraction of sp³-hybridized carbons (Fsp3) is 0.875.